The van der Waals surface area contributed by atoms with Crippen LogP contribution >= 0.6 is 0 Å². The summed E-state index contributed by atoms with van der Waals surface area (Å²) in [6.45, 7) is 3.27. The molecule has 0 atom stereocenters. The molecule has 0 bridgehead atoms. The first-order chi connectivity index (χ1) is 5.72. The third kappa shape index (κ3) is 2.17. The molecule has 64 valence electrons. The molecule has 0 heterocycles. The average Bonchev–Trinajstić information content (AvgIpc) is 2.05. The molecule has 4 N–H and O–H groups in total. The van der Waals surface area contributed by atoms with Crippen LogP contribution in [0.25, 0.3) is 0 Å². The maximum Gasteiger partial charge on any atom is 0.181 e. The van der Waals surface area contributed by atoms with Gasteiger partial charge in [0.2, 0.25) is 0 Å². The summed E-state index contributed by atoms with van der Waals surface area (Å²) in [6, 6.07) is 6.70. The molecule has 0 aliphatic rings. The standard InChI is InChI=1S/C8H10N2O2/c1-6(11)9-7-2-4-8(10-12)5-3-7/h2-5,9-12H,1H2. The third-order valence-electron chi connectivity index (χ3n) is 1.30. The molecule has 1 aromatic rings. The highest BCUT2D eigenvalue weighted by Crippen LogP contribution is 2.13. The fourth-order valence-corrected chi connectivity index (χ4v) is 0.795. The van der Waals surface area contributed by atoms with Crippen molar-refractivity contribution < 1.29 is 10.3 Å². The van der Waals surface area contributed by atoms with Crippen molar-refractivity contribution in [3.8, 4) is 0 Å². The first-order valence-corrected chi connectivity index (χ1v) is 3.37. The van der Waals surface area contributed by atoms with Gasteiger partial charge in [-0.2, -0.15) is 0 Å². The molecule has 1 aromatic carbocycles. The van der Waals surface area contributed by atoms with Crippen molar-refractivity contribution in [3.63, 3.8) is 0 Å². The number of hydrogen-bond donors (Lipinski definition) is 4. The number of benzene rings is 1. The minimum atomic E-state index is -0.111. The van der Waals surface area contributed by atoms with Gasteiger partial charge in [-0.15, -0.1) is 0 Å². The van der Waals surface area contributed by atoms with Crippen LogP contribution in [0.1, 0.15) is 0 Å². The Morgan fingerprint density at radius 3 is 2.08 bits per heavy atom. The molecule has 0 aliphatic heterocycles. The Balaban J connectivity index is 2.71. The molecular weight excluding hydrogens is 156 g/mol. The highest BCUT2D eigenvalue weighted by atomic mass is 16.5. The fraction of sp³-hybridized carbons (Fsp3) is 0. The number of anilines is 2. The molecule has 0 spiro atoms. The highest BCUT2D eigenvalue weighted by molar-refractivity contribution is 5.54. The van der Waals surface area contributed by atoms with Crippen LogP contribution in [0.5, 0.6) is 0 Å². The van der Waals surface area contributed by atoms with Crippen molar-refractivity contribution >= 4 is 11.4 Å². The van der Waals surface area contributed by atoms with Crippen molar-refractivity contribution in [1.29, 1.82) is 0 Å². The van der Waals surface area contributed by atoms with Gasteiger partial charge in [-0.25, -0.2) is 0 Å². The second-order valence-corrected chi connectivity index (χ2v) is 2.26. The van der Waals surface area contributed by atoms with E-state index in [4.69, 9.17) is 10.3 Å². The molecule has 0 radical (unpaired) electrons. The average molecular weight is 166 g/mol. The van der Waals surface area contributed by atoms with Crippen LogP contribution in [0, 0.1) is 0 Å². The zero-order chi connectivity index (χ0) is 8.97. The Hall–Kier alpha value is -1.68. The molecule has 0 aliphatic carbocycles. The van der Waals surface area contributed by atoms with E-state index >= 15 is 0 Å². The summed E-state index contributed by atoms with van der Waals surface area (Å²) in [5, 5.41) is 19.8. The van der Waals surface area contributed by atoms with Gasteiger partial charge in [0, 0.05) is 5.69 Å². The summed E-state index contributed by atoms with van der Waals surface area (Å²) in [7, 11) is 0. The van der Waals surface area contributed by atoms with E-state index in [-0.39, 0.29) is 5.88 Å². The Labute approximate surface area is 70.1 Å². The van der Waals surface area contributed by atoms with Gasteiger partial charge in [0.05, 0.1) is 5.69 Å². The van der Waals surface area contributed by atoms with Crippen molar-refractivity contribution in [2.24, 2.45) is 0 Å². The first kappa shape index (κ1) is 8.42. The highest BCUT2D eigenvalue weighted by Gasteiger charge is 1.92. The second kappa shape index (κ2) is 3.64. The molecule has 0 saturated heterocycles. The molecule has 0 aromatic heterocycles. The SMILES string of the molecule is C=C(O)Nc1ccc(NO)cc1. The number of nitrogens with one attached hydrogen (secondary N) is 2. The van der Waals surface area contributed by atoms with Gasteiger partial charge in [0.25, 0.3) is 0 Å². The number of aliphatic hydroxyl groups excluding tert-OH is 1. The van der Waals surface area contributed by atoms with E-state index in [1.807, 2.05) is 5.48 Å². The first-order valence-electron chi connectivity index (χ1n) is 3.37. The molecule has 0 saturated carbocycles. The summed E-state index contributed by atoms with van der Waals surface area (Å²) in [5.74, 6) is -0.111. The Kier molecular flexibility index (Phi) is 2.55. The Bertz CT molecular complexity index is 269. The number of aliphatic hydroxyl groups is 1. The van der Waals surface area contributed by atoms with E-state index in [0.29, 0.717) is 11.4 Å². The molecule has 4 nitrogen and oxygen atoms in total. The van der Waals surface area contributed by atoms with Gasteiger partial charge in [0.1, 0.15) is 0 Å². The van der Waals surface area contributed by atoms with Crippen LogP contribution < -0.4 is 10.8 Å². The Morgan fingerprint density at radius 1 is 1.17 bits per heavy atom. The number of hydrogen-bond acceptors (Lipinski definition) is 4. The molecule has 0 amide bonds. The molecule has 0 fully saturated rings. The van der Waals surface area contributed by atoms with Crippen molar-refractivity contribution in [1.82, 2.24) is 0 Å². The molecule has 0 unspecified atom stereocenters. The lowest BCUT2D eigenvalue weighted by atomic mass is 10.3. The molecule has 4 heteroatoms. The summed E-state index contributed by atoms with van der Waals surface area (Å²) in [4.78, 5) is 0. The van der Waals surface area contributed by atoms with Crippen molar-refractivity contribution in [2.45, 2.75) is 0 Å². The number of rotatable bonds is 3. The zero-order valence-corrected chi connectivity index (χ0v) is 6.41. The van der Waals surface area contributed by atoms with Crippen molar-refractivity contribution in [2.75, 3.05) is 10.8 Å². The summed E-state index contributed by atoms with van der Waals surface area (Å²) >= 11 is 0. The zero-order valence-electron chi connectivity index (χ0n) is 6.41. The maximum atomic E-state index is 8.76. The van der Waals surface area contributed by atoms with Crippen LogP contribution in [0.15, 0.2) is 36.7 Å². The van der Waals surface area contributed by atoms with E-state index in [0.717, 1.165) is 0 Å². The van der Waals surface area contributed by atoms with Crippen LogP contribution in [0.4, 0.5) is 11.4 Å². The summed E-state index contributed by atoms with van der Waals surface area (Å²) in [6.07, 6.45) is 0. The predicted molar refractivity (Wildman–Crippen MR) is 47.2 cm³/mol. The van der Waals surface area contributed by atoms with Crippen LogP contribution in [-0.4, -0.2) is 10.3 Å². The van der Waals surface area contributed by atoms with Gasteiger partial charge in [-0.3, -0.25) is 10.7 Å². The third-order valence-corrected chi connectivity index (χ3v) is 1.30. The smallest absolute Gasteiger partial charge is 0.181 e. The summed E-state index contributed by atoms with van der Waals surface area (Å²) < 4.78 is 0. The van der Waals surface area contributed by atoms with Crippen LogP contribution in [-0.2, 0) is 0 Å². The van der Waals surface area contributed by atoms with E-state index in [2.05, 4.69) is 11.9 Å². The normalized spacial score (nSPS) is 9.08. The summed E-state index contributed by atoms with van der Waals surface area (Å²) in [5.41, 5.74) is 3.29. The monoisotopic (exact) mass is 166 g/mol. The van der Waals surface area contributed by atoms with Gasteiger partial charge in [-0.05, 0) is 30.8 Å². The lowest BCUT2D eigenvalue weighted by molar-refractivity contribution is 0.389. The fourth-order valence-electron chi connectivity index (χ4n) is 0.795. The van der Waals surface area contributed by atoms with Gasteiger partial charge in [0.15, 0.2) is 5.88 Å². The predicted octanol–water partition coefficient (Wildman–Crippen LogP) is 1.93. The van der Waals surface area contributed by atoms with E-state index < -0.39 is 0 Å². The van der Waals surface area contributed by atoms with E-state index in [9.17, 15) is 0 Å². The topological polar surface area (TPSA) is 64.5 Å². The molecule has 12 heavy (non-hydrogen) atoms. The second-order valence-electron chi connectivity index (χ2n) is 2.26. The molecule has 1 rings (SSSR count). The van der Waals surface area contributed by atoms with E-state index in [1.54, 1.807) is 24.3 Å². The van der Waals surface area contributed by atoms with Gasteiger partial charge < -0.3 is 10.4 Å². The maximum absolute atomic E-state index is 8.76. The minimum absolute atomic E-state index is 0.111. The van der Waals surface area contributed by atoms with Gasteiger partial charge in [-0.1, -0.05) is 0 Å². The lowest BCUT2D eigenvalue weighted by Gasteiger charge is -2.04. The van der Waals surface area contributed by atoms with Crippen LogP contribution in [0.3, 0.4) is 0 Å². The van der Waals surface area contributed by atoms with Crippen LogP contribution in [0.2, 0.25) is 0 Å². The largest absolute Gasteiger partial charge is 0.495 e. The van der Waals surface area contributed by atoms with Gasteiger partial charge >= 0.3 is 0 Å². The molecular formula is C8H10N2O2. The minimum Gasteiger partial charge on any atom is -0.495 e. The van der Waals surface area contributed by atoms with E-state index in [1.165, 1.54) is 0 Å². The Morgan fingerprint density at radius 2 is 1.67 bits per heavy atom. The quantitative estimate of drug-likeness (QED) is 0.409. The lowest BCUT2D eigenvalue weighted by Crippen LogP contribution is -1.96. The van der Waals surface area contributed by atoms with Crippen molar-refractivity contribution in [3.05, 3.63) is 36.7 Å².